The van der Waals surface area contributed by atoms with Gasteiger partial charge in [0.15, 0.2) is 0 Å². The van der Waals surface area contributed by atoms with Gasteiger partial charge in [-0.25, -0.2) is 9.97 Å². The fourth-order valence-corrected chi connectivity index (χ4v) is 4.18. The average molecular weight is 428 g/mol. The van der Waals surface area contributed by atoms with Gasteiger partial charge in [0, 0.05) is 30.4 Å². The van der Waals surface area contributed by atoms with Crippen molar-refractivity contribution in [3.63, 3.8) is 0 Å². The van der Waals surface area contributed by atoms with E-state index in [0.29, 0.717) is 39.8 Å². The molecule has 158 valence electrons. The minimum Gasteiger partial charge on any atom is -0.393 e. The summed E-state index contributed by atoms with van der Waals surface area (Å²) in [4.78, 5) is 22.1. The number of rotatable bonds is 5. The Labute approximate surface area is 180 Å². The molecule has 0 spiro atoms. The molecule has 0 unspecified atom stereocenters. The van der Waals surface area contributed by atoms with Gasteiger partial charge in [-0.05, 0) is 63.3 Å². The van der Waals surface area contributed by atoms with E-state index in [1.54, 1.807) is 23.0 Å². The van der Waals surface area contributed by atoms with Crippen LogP contribution < -0.4 is 16.2 Å². The molecule has 8 heteroatoms. The molecule has 3 N–H and O–H groups in total. The average Bonchev–Trinajstić information content (AvgIpc) is 2.72. The molecule has 0 amide bonds. The topological polar surface area (TPSA) is 92.1 Å². The largest absolute Gasteiger partial charge is 0.393 e. The summed E-state index contributed by atoms with van der Waals surface area (Å²) in [5, 5.41) is 18.1. The van der Waals surface area contributed by atoms with Crippen molar-refractivity contribution >= 4 is 39.8 Å². The highest BCUT2D eigenvalue weighted by molar-refractivity contribution is 6.35. The maximum Gasteiger partial charge on any atom is 0.262 e. The van der Waals surface area contributed by atoms with Gasteiger partial charge in [0.05, 0.1) is 16.5 Å². The number of aromatic nitrogens is 3. The third kappa shape index (κ3) is 4.27. The standard InChI is InChI=1S/C22H26ClN5O2/c1-3-28-12-17(23)16-11-19(26-18-10-13(2)8-9-24-18)27-21(20(16)22(28)30)25-14-4-6-15(29)7-5-14/h8-12,14-15,29H,3-7H2,1-2H3,(H2,24,25,26,27). The fraction of sp³-hybridized carbons (Fsp3) is 0.409. The van der Waals surface area contributed by atoms with Gasteiger partial charge in [0.25, 0.3) is 5.56 Å². The van der Waals surface area contributed by atoms with Crippen LogP contribution in [-0.2, 0) is 6.54 Å². The summed E-state index contributed by atoms with van der Waals surface area (Å²) in [5.74, 6) is 1.75. The molecule has 3 heterocycles. The second-order valence-electron chi connectivity index (χ2n) is 7.84. The van der Waals surface area contributed by atoms with Crippen molar-refractivity contribution in [2.24, 2.45) is 0 Å². The summed E-state index contributed by atoms with van der Waals surface area (Å²) >= 11 is 6.56. The number of nitrogens with zero attached hydrogens (tertiary/aromatic N) is 3. The van der Waals surface area contributed by atoms with Crippen LogP contribution in [-0.4, -0.2) is 31.8 Å². The molecule has 1 saturated carbocycles. The zero-order valence-electron chi connectivity index (χ0n) is 17.2. The highest BCUT2D eigenvalue weighted by Gasteiger charge is 2.22. The van der Waals surface area contributed by atoms with Crippen LogP contribution in [0, 0.1) is 6.92 Å². The first-order chi connectivity index (χ1) is 14.4. The Balaban J connectivity index is 1.80. The number of hydrogen-bond donors (Lipinski definition) is 3. The summed E-state index contributed by atoms with van der Waals surface area (Å²) in [7, 11) is 0. The summed E-state index contributed by atoms with van der Waals surface area (Å²) in [6.07, 6.45) is 6.27. The minimum absolute atomic E-state index is 0.122. The molecule has 30 heavy (non-hydrogen) atoms. The molecule has 0 atom stereocenters. The SMILES string of the molecule is CCn1cc(Cl)c2cc(Nc3cc(C)ccn3)nc(NC3CCC(O)CC3)c2c1=O. The maximum atomic E-state index is 13.1. The van der Waals surface area contributed by atoms with E-state index in [9.17, 15) is 9.90 Å². The molecular weight excluding hydrogens is 402 g/mol. The highest BCUT2D eigenvalue weighted by atomic mass is 35.5. The van der Waals surface area contributed by atoms with E-state index >= 15 is 0 Å². The van der Waals surface area contributed by atoms with Crippen molar-refractivity contribution in [2.45, 2.75) is 58.2 Å². The molecule has 1 fully saturated rings. The summed E-state index contributed by atoms with van der Waals surface area (Å²) in [6, 6.07) is 5.79. The Kier molecular flexibility index (Phi) is 5.92. The molecule has 0 aromatic carbocycles. The summed E-state index contributed by atoms with van der Waals surface area (Å²) < 4.78 is 1.59. The number of halogens is 1. The number of aliphatic hydroxyl groups is 1. The van der Waals surface area contributed by atoms with Crippen molar-refractivity contribution in [3.05, 3.63) is 51.5 Å². The lowest BCUT2D eigenvalue weighted by molar-refractivity contribution is 0.126. The molecule has 3 aromatic rings. The Morgan fingerprint density at radius 2 is 2.00 bits per heavy atom. The van der Waals surface area contributed by atoms with Crippen molar-refractivity contribution < 1.29 is 5.11 Å². The molecule has 0 aliphatic heterocycles. The van der Waals surface area contributed by atoms with Crippen molar-refractivity contribution in [2.75, 3.05) is 10.6 Å². The van der Waals surface area contributed by atoms with Crippen molar-refractivity contribution in [1.29, 1.82) is 0 Å². The molecular formula is C22H26ClN5O2. The Bertz CT molecular complexity index is 1120. The molecule has 4 rings (SSSR count). The molecule has 3 aromatic heterocycles. The third-order valence-corrected chi connectivity index (χ3v) is 5.87. The Hall–Kier alpha value is -2.64. The van der Waals surface area contributed by atoms with Crippen LogP contribution in [0.25, 0.3) is 10.8 Å². The van der Waals surface area contributed by atoms with E-state index in [-0.39, 0.29) is 17.7 Å². The Morgan fingerprint density at radius 3 is 2.70 bits per heavy atom. The number of hydrogen-bond acceptors (Lipinski definition) is 6. The van der Waals surface area contributed by atoms with Gasteiger partial charge in [-0.2, -0.15) is 0 Å². The van der Waals surface area contributed by atoms with Crippen LogP contribution in [0.3, 0.4) is 0 Å². The number of nitrogens with one attached hydrogen (secondary N) is 2. The van der Waals surface area contributed by atoms with E-state index in [1.807, 2.05) is 26.0 Å². The zero-order valence-corrected chi connectivity index (χ0v) is 17.9. The fourth-order valence-electron chi connectivity index (χ4n) is 3.91. The van der Waals surface area contributed by atoms with Gasteiger partial charge in [-0.3, -0.25) is 4.79 Å². The molecule has 0 radical (unpaired) electrons. The lowest BCUT2D eigenvalue weighted by atomic mass is 9.93. The van der Waals surface area contributed by atoms with Crippen LogP contribution in [0.4, 0.5) is 17.5 Å². The van der Waals surface area contributed by atoms with Gasteiger partial charge in [-0.1, -0.05) is 11.6 Å². The number of aliphatic hydroxyl groups excluding tert-OH is 1. The van der Waals surface area contributed by atoms with Crippen LogP contribution in [0.15, 0.2) is 35.4 Å². The second-order valence-corrected chi connectivity index (χ2v) is 8.25. The number of fused-ring (bicyclic) bond motifs is 1. The van der Waals surface area contributed by atoms with E-state index < -0.39 is 0 Å². The predicted octanol–water partition coefficient (Wildman–Crippen LogP) is 4.23. The lowest BCUT2D eigenvalue weighted by Crippen LogP contribution is -2.29. The zero-order chi connectivity index (χ0) is 21.3. The normalized spacial score (nSPS) is 19.1. The van der Waals surface area contributed by atoms with E-state index in [0.717, 1.165) is 31.2 Å². The van der Waals surface area contributed by atoms with Gasteiger partial charge in [0.2, 0.25) is 0 Å². The molecule has 0 bridgehead atoms. The maximum absolute atomic E-state index is 13.1. The van der Waals surface area contributed by atoms with Crippen LogP contribution >= 0.6 is 11.6 Å². The lowest BCUT2D eigenvalue weighted by Gasteiger charge is -2.27. The van der Waals surface area contributed by atoms with Crippen LogP contribution in [0.5, 0.6) is 0 Å². The van der Waals surface area contributed by atoms with Crippen molar-refractivity contribution in [3.8, 4) is 0 Å². The predicted molar refractivity (Wildman–Crippen MR) is 121 cm³/mol. The quantitative estimate of drug-likeness (QED) is 0.564. The number of aryl methyl sites for hydroxylation is 2. The van der Waals surface area contributed by atoms with E-state index in [2.05, 4.69) is 15.6 Å². The Morgan fingerprint density at radius 1 is 1.23 bits per heavy atom. The first kappa shape index (κ1) is 20.6. The van der Waals surface area contributed by atoms with Gasteiger partial charge < -0.3 is 20.3 Å². The highest BCUT2D eigenvalue weighted by Crippen LogP contribution is 2.31. The summed E-state index contributed by atoms with van der Waals surface area (Å²) in [6.45, 7) is 4.43. The van der Waals surface area contributed by atoms with Crippen molar-refractivity contribution in [1.82, 2.24) is 14.5 Å². The van der Waals surface area contributed by atoms with Crippen LogP contribution in [0.1, 0.15) is 38.2 Å². The molecule has 1 aliphatic rings. The molecule has 0 saturated heterocycles. The van der Waals surface area contributed by atoms with E-state index in [4.69, 9.17) is 16.6 Å². The molecule has 7 nitrogen and oxygen atoms in total. The first-order valence-electron chi connectivity index (χ1n) is 10.3. The smallest absolute Gasteiger partial charge is 0.262 e. The van der Waals surface area contributed by atoms with Crippen LogP contribution in [0.2, 0.25) is 5.02 Å². The number of pyridine rings is 3. The summed E-state index contributed by atoms with van der Waals surface area (Å²) in [5.41, 5.74) is 0.958. The second kappa shape index (κ2) is 8.62. The van der Waals surface area contributed by atoms with Gasteiger partial charge >= 0.3 is 0 Å². The van der Waals surface area contributed by atoms with E-state index in [1.165, 1.54) is 0 Å². The minimum atomic E-state index is -0.250. The molecule has 1 aliphatic carbocycles. The van der Waals surface area contributed by atoms with Gasteiger partial charge in [-0.15, -0.1) is 0 Å². The van der Waals surface area contributed by atoms with Gasteiger partial charge in [0.1, 0.15) is 17.5 Å². The first-order valence-corrected chi connectivity index (χ1v) is 10.7. The number of anilines is 3. The third-order valence-electron chi connectivity index (χ3n) is 5.57. The monoisotopic (exact) mass is 427 g/mol.